The van der Waals surface area contributed by atoms with Crippen LogP contribution in [0.4, 0.5) is 5.82 Å². The summed E-state index contributed by atoms with van der Waals surface area (Å²) < 4.78 is 2.29. The van der Waals surface area contributed by atoms with E-state index in [1.54, 1.807) is 11.3 Å². The van der Waals surface area contributed by atoms with E-state index in [-0.39, 0.29) is 0 Å². The Labute approximate surface area is 114 Å². The fraction of sp³-hybridized carbons (Fsp3) is 0.417. The summed E-state index contributed by atoms with van der Waals surface area (Å²) in [6.45, 7) is 7.39. The molecule has 0 bridgehead atoms. The van der Waals surface area contributed by atoms with E-state index in [9.17, 15) is 0 Å². The Balaban J connectivity index is 2.45. The van der Waals surface area contributed by atoms with Crippen molar-refractivity contribution in [2.24, 2.45) is 0 Å². The number of nitrogens with two attached hydrogens (primary N) is 1. The molecule has 92 valence electrons. The second-order valence-electron chi connectivity index (χ2n) is 3.92. The molecule has 0 aromatic carbocycles. The Hall–Kier alpha value is -0.650. The lowest BCUT2D eigenvalue weighted by molar-refractivity contribution is 0.297. The molecule has 3 nitrogen and oxygen atoms in total. The molecule has 17 heavy (non-hydrogen) atoms. The molecule has 0 fully saturated rings. The van der Waals surface area contributed by atoms with Gasteiger partial charge in [0.15, 0.2) is 0 Å². The maximum Gasteiger partial charge on any atom is 0.133 e. The first-order valence-corrected chi connectivity index (χ1v) is 7.37. The molecule has 2 rings (SSSR count). The van der Waals surface area contributed by atoms with Crippen LogP contribution in [0.5, 0.6) is 0 Å². The lowest BCUT2D eigenvalue weighted by atomic mass is 10.2. The van der Waals surface area contributed by atoms with E-state index in [0.29, 0.717) is 5.82 Å². The minimum atomic E-state index is 0.608. The van der Waals surface area contributed by atoms with Crippen molar-refractivity contribution in [3.63, 3.8) is 0 Å². The molecule has 2 N–H and O–H groups in total. The summed E-state index contributed by atoms with van der Waals surface area (Å²) in [7, 11) is 0. The van der Waals surface area contributed by atoms with Crippen molar-refractivity contribution in [1.82, 2.24) is 9.88 Å². The first-order valence-electron chi connectivity index (χ1n) is 5.69. The van der Waals surface area contributed by atoms with Gasteiger partial charge in [-0.2, -0.15) is 0 Å². The molecule has 0 spiro atoms. The van der Waals surface area contributed by atoms with Gasteiger partial charge in [-0.25, -0.2) is 4.98 Å². The highest BCUT2D eigenvalue weighted by Gasteiger charge is 2.12. The van der Waals surface area contributed by atoms with Gasteiger partial charge in [0.05, 0.1) is 0 Å². The van der Waals surface area contributed by atoms with Crippen molar-refractivity contribution < 1.29 is 0 Å². The summed E-state index contributed by atoms with van der Waals surface area (Å²) in [6, 6.07) is 0. The standard InChI is InChI=1S/C12H16BrN3S/c1-3-16(4-2)6-8-5-15-12(14)10-9(13)7-17-11(8)10/h5,7H,3-4,6H2,1-2H3,(H2,14,15). The fourth-order valence-corrected chi connectivity index (χ4v) is 3.64. The van der Waals surface area contributed by atoms with Crippen LogP contribution in [0.15, 0.2) is 16.0 Å². The molecular weight excluding hydrogens is 298 g/mol. The Morgan fingerprint density at radius 1 is 1.41 bits per heavy atom. The summed E-state index contributed by atoms with van der Waals surface area (Å²) in [5, 5.41) is 3.13. The third-order valence-electron chi connectivity index (χ3n) is 2.94. The summed E-state index contributed by atoms with van der Waals surface area (Å²) >= 11 is 5.25. The number of nitrogens with zero attached hydrogens (tertiary/aromatic N) is 2. The van der Waals surface area contributed by atoms with E-state index in [1.807, 2.05) is 6.20 Å². The molecule has 2 aromatic heterocycles. The van der Waals surface area contributed by atoms with E-state index in [1.165, 1.54) is 10.3 Å². The molecule has 0 radical (unpaired) electrons. The molecule has 5 heteroatoms. The van der Waals surface area contributed by atoms with E-state index >= 15 is 0 Å². The number of aromatic nitrogens is 1. The Kier molecular flexibility index (Phi) is 4.01. The van der Waals surface area contributed by atoms with Gasteiger partial charge >= 0.3 is 0 Å². The zero-order valence-electron chi connectivity index (χ0n) is 10.0. The molecule has 0 unspecified atom stereocenters. The average Bonchev–Trinajstić information content (AvgIpc) is 2.72. The maximum atomic E-state index is 5.92. The Morgan fingerprint density at radius 3 is 2.76 bits per heavy atom. The van der Waals surface area contributed by atoms with E-state index < -0.39 is 0 Å². The van der Waals surface area contributed by atoms with Gasteiger partial charge in [-0.1, -0.05) is 13.8 Å². The molecule has 0 aliphatic heterocycles. The van der Waals surface area contributed by atoms with Crippen LogP contribution >= 0.6 is 27.3 Å². The highest BCUT2D eigenvalue weighted by molar-refractivity contribution is 9.10. The first-order chi connectivity index (χ1) is 8.17. The van der Waals surface area contributed by atoms with Crippen molar-refractivity contribution in [1.29, 1.82) is 0 Å². The second kappa shape index (κ2) is 5.33. The van der Waals surface area contributed by atoms with Gasteiger partial charge in [-0.05, 0) is 29.0 Å². The molecular formula is C12H16BrN3S. The number of rotatable bonds is 4. The number of pyridine rings is 1. The number of hydrogen-bond donors (Lipinski definition) is 1. The van der Waals surface area contributed by atoms with Crippen LogP contribution in [0, 0.1) is 0 Å². The van der Waals surface area contributed by atoms with Crippen LogP contribution in [0.25, 0.3) is 10.1 Å². The van der Waals surface area contributed by atoms with Crippen molar-refractivity contribution in [3.8, 4) is 0 Å². The molecule has 2 aromatic rings. The molecule has 0 amide bonds. The normalized spacial score (nSPS) is 11.5. The predicted molar refractivity (Wildman–Crippen MR) is 78.4 cm³/mol. The minimum absolute atomic E-state index is 0.608. The summed E-state index contributed by atoms with van der Waals surface area (Å²) in [5.74, 6) is 0.608. The predicted octanol–water partition coefficient (Wildman–Crippen LogP) is 3.48. The number of halogens is 1. The van der Waals surface area contributed by atoms with Crippen molar-refractivity contribution in [3.05, 3.63) is 21.6 Å². The number of thiophene rings is 1. The third kappa shape index (κ3) is 2.46. The lowest BCUT2D eigenvalue weighted by Crippen LogP contribution is -2.22. The topological polar surface area (TPSA) is 42.2 Å². The largest absolute Gasteiger partial charge is 0.383 e. The minimum Gasteiger partial charge on any atom is -0.383 e. The van der Waals surface area contributed by atoms with Crippen molar-refractivity contribution in [2.45, 2.75) is 20.4 Å². The van der Waals surface area contributed by atoms with Gasteiger partial charge in [-0.3, -0.25) is 4.90 Å². The molecule has 0 atom stereocenters. The molecule has 0 aliphatic carbocycles. The van der Waals surface area contributed by atoms with E-state index in [0.717, 1.165) is 29.5 Å². The number of hydrogen-bond acceptors (Lipinski definition) is 4. The van der Waals surface area contributed by atoms with Gasteiger partial charge in [0.25, 0.3) is 0 Å². The van der Waals surface area contributed by atoms with E-state index in [2.05, 4.69) is 45.0 Å². The van der Waals surface area contributed by atoms with Crippen LogP contribution in [-0.2, 0) is 6.54 Å². The average molecular weight is 314 g/mol. The van der Waals surface area contributed by atoms with Gasteiger partial charge in [0.2, 0.25) is 0 Å². The second-order valence-corrected chi connectivity index (χ2v) is 5.65. The molecule has 0 saturated carbocycles. The van der Waals surface area contributed by atoms with Crippen LogP contribution in [0.3, 0.4) is 0 Å². The van der Waals surface area contributed by atoms with Gasteiger partial charge < -0.3 is 5.73 Å². The van der Waals surface area contributed by atoms with Crippen molar-refractivity contribution >= 4 is 43.2 Å². The fourth-order valence-electron chi connectivity index (χ4n) is 1.88. The number of fused-ring (bicyclic) bond motifs is 1. The SMILES string of the molecule is CCN(CC)Cc1cnc(N)c2c(Br)csc12. The van der Waals surface area contributed by atoms with Crippen LogP contribution in [0.1, 0.15) is 19.4 Å². The third-order valence-corrected chi connectivity index (χ3v) is 4.93. The summed E-state index contributed by atoms with van der Waals surface area (Å²) in [6.07, 6.45) is 1.90. The zero-order valence-corrected chi connectivity index (χ0v) is 12.4. The van der Waals surface area contributed by atoms with Gasteiger partial charge in [0.1, 0.15) is 5.82 Å². The number of anilines is 1. The summed E-state index contributed by atoms with van der Waals surface area (Å²) in [4.78, 5) is 6.67. The highest BCUT2D eigenvalue weighted by Crippen LogP contribution is 2.35. The Bertz CT molecular complexity index is 520. The molecule has 2 heterocycles. The monoisotopic (exact) mass is 313 g/mol. The highest BCUT2D eigenvalue weighted by atomic mass is 79.9. The first kappa shape index (κ1) is 12.8. The molecule has 0 aliphatic rings. The van der Waals surface area contributed by atoms with Gasteiger partial charge in [-0.15, -0.1) is 11.3 Å². The molecule has 0 saturated heterocycles. The van der Waals surface area contributed by atoms with Crippen LogP contribution in [0.2, 0.25) is 0 Å². The smallest absolute Gasteiger partial charge is 0.133 e. The summed E-state index contributed by atoms with van der Waals surface area (Å²) in [5.41, 5.74) is 7.18. The zero-order chi connectivity index (χ0) is 12.4. The lowest BCUT2D eigenvalue weighted by Gasteiger charge is -2.18. The van der Waals surface area contributed by atoms with Crippen molar-refractivity contribution in [2.75, 3.05) is 18.8 Å². The maximum absolute atomic E-state index is 5.92. The van der Waals surface area contributed by atoms with Crippen LogP contribution < -0.4 is 5.73 Å². The quantitative estimate of drug-likeness (QED) is 0.939. The number of nitrogen functional groups attached to an aromatic ring is 1. The van der Waals surface area contributed by atoms with E-state index in [4.69, 9.17) is 5.73 Å². The van der Waals surface area contributed by atoms with Gasteiger partial charge in [0, 0.05) is 38.2 Å². The van der Waals surface area contributed by atoms with Crippen LogP contribution in [-0.4, -0.2) is 23.0 Å². The Morgan fingerprint density at radius 2 is 2.12 bits per heavy atom.